The second-order valence-corrected chi connectivity index (χ2v) is 8.99. The third-order valence-electron chi connectivity index (χ3n) is 5.24. The third kappa shape index (κ3) is 14.1. The Morgan fingerprint density at radius 2 is 1.44 bits per heavy atom. The molecule has 0 nitrogen and oxygen atoms in total. The van der Waals surface area contributed by atoms with Gasteiger partial charge < -0.3 is 0 Å². The Labute approximate surface area is 159 Å². The van der Waals surface area contributed by atoms with Crippen molar-refractivity contribution < 1.29 is 0 Å². The molecule has 146 valence electrons. The van der Waals surface area contributed by atoms with E-state index in [0.717, 1.165) is 24.7 Å². The summed E-state index contributed by atoms with van der Waals surface area (Å²) in [5.74, 6) is 2.93. The molecule has 0 aliphatic rings. The summed E-state index contributed by atoms with van der Waals surface area (Å²) >= 11 is 0. The van der Waals surface area contributed by atoms with E-state index in [1.807, 2.05) is 0 Å². The van der Waals surface area contributed by atoms with Crippen molar-refractivity contribution in [1.29, 1.82) is 0 Å². The van der Waals surface area contributed by atoms with Crippen molar-refractivity contribution in [3.05, 3.63) is 36.0 Å². The highest BCUT2D eigenvalue weighted by Gasteiger charge is 2.09. The van der Waals surface area contributed by atoms with Crippen LogP contribution in [0.25, 0.3) is 0 Å². The molecule has 0 aromatic heterocycles. The topological polar surface area (TPSA) is 0 Å². The molecule has 0 saturated heterocycles. The van der Waals surface area contributed by atoms with Crippen molar-refractivity contribution in [3.63, 3.8) is 0 Å². The molecule has 0 aromatic rings. The van der Waals surface area contributed by atoms with Gasteiger partial charge in [-0.2, -0.15) is 0 Å². The van der Waals surface area contributed by atoms with E-state index >= 15 is 0 Å². The summed E-state index contributed by atoms with van der Waals surface area (Å²) < 4.78 is 0. The number of hydrogen-bond donors (Lipinski definition) is 0. The van der Waals surface area contributed by atoms with Crippen molar-refractivity contribution in [2.45, 2.75) is 99.8 Å². The molecule has 0 spiro atoms. The van der Waals surface area contributed by atoms with Crippen LogP contribution in [0.4, 0.5) is 0 Å². The molecule has 0 radical (unpaired) electrons. The minimum Gasteiger partial charge on any atom is -0.103 e. The molecule has 25 heavy (non-hydrogen) atoms. The number of hydrogen-bond acceptors (Lipinski definition) is 0. The first-order valence-electron chi connectivity index (χ1n) is 10.7. The summed E-state index contributed by atoms with van der Waals surface area (Å²) in [7, 11) is 0. The first-order valence-corrected chi connectivity index (χ1v) is 10.7. The summed E-state index contributed by atoms with van der Waals surface area (Å²) in [6.07, 6.45) is 17.3. The molecule has 0 bridgehead atoms. The zero-order valence-electron chi connectivity index (χ0n) is 18.4. The van der Waals surface area contributed by atoms with Gasteiger partial charge in [-0.3, -0.25) is 0 Å². The van der Waals surface area contributed by atoms with Crippen LogP contribution in [0.3, 0.4) is 0 Å². The number of rotatable bonds is 14. The smallest absolute Gasteiger partial charge is 0.0134 e. The third-order valence-corrected chi connectivity index (χ3v) is 5.24. The van der Waals surface area contributed by atoms with Gasteiger partial charge in [-0.15, -0.1) is 6.58 Å². The monoisotopic (exact) mass is 346 g/mol. The van der Waals surface area contributed by atoms with Crippen molar-refractivity contribution in [1.82, 2.24) is 0 Å². The Morgan fingerprint density at radius 1 is 0.840 bits per heavy atom. The van der Waals surface area contributed by atoms with Crippen LogP contribution in [-0.4, -0.2) is 0 Å². The molecule has 0 N–H and O–H groups in total. The van der Waals surface area contributed by atoms with E-state index < -0.39 is 0 Å². The zero-order chi connectivity index (χ0) is 19.2. The molecule has 0 aromatic carbocycles. The molecule has 2 atom stereocenters. The van der Waals surface area contributed by atoms with Gasteiger partial charge in [0, 0.05) is 0 Å². The quantitative estimate of drug-likeness (QED) is 0.276. The largest absolute Gasteiger partial charge is 0.103 e. The predicted octanol–water partition coefficient (Wildman–Crippen LogP) is 8.75. The summed E-state index contributed by atoms with van der Waals surface area (Å²) in [4.78, 5) is 0. The molecule has 2 unspecified atom stereocenters. The maximum Gasteiger partial charge on any atom is -0.0134 e. The van der Waals surface area contributed by atoms with Crippen LogP contribution in [0.5, 0.6) is 0 Å². The lowest BCUT2D eigenvalue weighted by Gasteiger charge is -2.17. The van der Waals surface area contributed by atoms with Crippen LogP contribution >= 0.6 is 0 Å². The molecule has 0 amide bonds. The van der Waals surface area contributed by atoms with Gasteiger partial charge in [-0.1, -0.05) is 90.2 Å². The van der Waals surface area contributed by atoms with Crippen LogP contribution < -0.4 is 0 Å². The normalized spacial score (nSPS) is 15.7. The van der Waals surface area contributed by atoms with E-state index in [4.69, 9.17) is 0 Å². The highest BCUT2D eigenvalue weighted by atomic mass is 14.1. The van der Waals surface area contributed by atoms with Crippen LogP contribution in [0, 0.1) is 23.7 Å². The van der Waals surface area contributed by atoms with Gasteiger partial charge >= 0.3 is 0 Å². The molecular weight excluding hydrogens is 300 g/mol. The second kappa shape index (κ2) is 14.4. The van der Waals surface area contributed by atoms with Crippen molar-refractivity contribution in [2.75, 3.05) is 0 Å². The molecule has 0 rings (SSSR count). The average Bonchev–Trinajstić information content (AvgIpc) is 2.53. The van der Waals surface area contributed by atoms with Crippen LogP contribution in [0.2, 0.25) is 0 Å². The molecule has 0 fully saturated rings. The van der Waals surface area contributed by atoms with E-state index in [2.05, 4.69) is 73.3 Å². The Hall–Kier alpha value is -0.780. The highest BCUT2D eigenvalue weighted by Crippen LogP contribution is 2.25. The van der Waals surface area contributed by atoms with Crippen molar-refractivity contribution in [3.8, 4) is 0 Å². The fourth-order valence-corrected chi connectivity index (χ4v) is 3.12. The van der Waals surface area contributed by atoms with E-state index in [9.17, 15) is 0 Å². The zero-order valence-corrected chi connectivity index (χ0v) is 18.4. The first-order chi connectivity index (χ1) is 11.8. The minimum atomic E-state index is 0.578. The Balaban J connectivity index is 4.68. The fourth-order valence-electron chi connectivity index (χ4n) is 3.12. The van der Waals surface area contributed by atoms with Crippen molar-refractivity contribution in [2.24, 2.45) is 23.7 Å². The van der Waals surface area contributed by atoms with Gasteiger partial charge in [0.25, 0.3) is 0 Å². The predicted molar refractivity (Wildman–Crippen MR) is 117 cm³/mol. The number of allylic oxidation sites excluding steroid dienone is 5. The fraction of sp³-hybridized carbons (Fsp3) is 0.760. The molecule has 0 aliphatic carbocycles. The van der Waals surface area contributed by atoms with Gasteiger partial charge in [-0.25, -0.2) is 0 Å². The summed E-state index contributed by atoms with van der Waals surface area (Å²) in [6, 6.07) is 0. The summed E-state index contributed by atoms with van der Waals surface area (Å²) in [5.41, 5.74) is 3.21. The van der Waals surface area contributed by atoms with Gasteiger partial charge in [0.15, 0.2) is 0 Å². The van der Waals surface area contributed by atoms with Gasteiger partial charge in [-0.05, 0) is 62.7 Å². The molecule has 0 aliphatic heterocycles. The van der Waals surface area contributed by atoms with Crippen molar-refractivity contribution >= 4 is 0 Å². The van der Waals surface area contributed by atoms with Gasteiger partial charge in [0.1, 0.15) is 0 Å². The molecular formula is C25H46. The van der Waals surface area contributed by atoms with Gasteiger partial charge in [0.2, 0.25) is 0 Å². The molecule has 0 heterocycles. The minimum absolute atomic E-state index is 0.578. The Morgan fingerprint density at radius 3 is 2.00 bits per heavy atom. The Kier molecular flexibility index (Phi) is 13.9. The maximum absolute atomic E-state index is 3.93. The Bertz CT molecular complexity index is 394. The van der Waals surface area contributed by atoms with E-state index in [1.165, 1.54) is 38.5 Å². The summed E-state index contributed by atoms with van der Waals surface area (Å²) in [6.45, 7) is 20.2. The van der Waals surface area contributed by atoms with E-state index in [1.54, 1.807) is 11.1 Å². The SMILES string of the molecule is C=CC(C)C/C=C(\C/C=C(\C)CCCC(C)C)C(C)CCCC(C)C. The second-order valence-electron chi connectivity index (χ2n) is 8.99. The highest BCUT2D eigenvalue weighted by molar-refractivity contribution is 5.14. The van der Waals surface area contributed by atoms with E-state index in [0.29, 0.717) is 11.8 Å². The standard InChI is InChI=1S/C25H46/c1-9-22(6)16-18-25(24(8)15-11-13-21(4)5)19-17-23(7)14-10-12-20(2)3/h9,17-18,20-22,24H,1,10-16,19H2,2-8H3/b23-17+,25-18+. The summed E-state index contributed by atoms with van der Waals surface area (Å²) in [5, 5.41) is 0. The lowest BCUT2D eigenvalue weighted by molar-refractivity contribution is 0.487. The first kappa shape index (κ1) is 24.2. The van der Waals surface area contributed by atoms with Gasteiger partial charge in [0.05, 0.1) is 0 Å². The van der Waals surface area contributed by atoms with E-state index in [-0.39, 0.29) is 0 Å². The van der Waals surface area contributed by atoms with Crippen LogP contribution in [0.1, 0.15) is 99.8 Å². The lowest BCUT2D eigenvalue weighted by atomic mass is 9.89. The van der Waals surface area contributed by atoms with Crippen LogP contribution in [-0.2, 0) is 0 Å². The lowest BCUT2D eigenvalue weighted by Crippen LogP contribution is -2.02. The van der Waals surface area contributed by atoms with Crippen LogP contribution in [0.15, 0.2) is 36.0 Å². The average molecular weight is 347 g/mol. The molecule has 0 heteroatoms. The molecule has 0 saturated carbocycles. The maximum atomic E-state index is 3.93.